The van der Waals surface area contributed by atoms with Crippen molar-refractivity contribution >= 4 is 33.5 Å². The molecule has 0 aliphatic rings. The summed E-state index contributed by atoms with van der Waals surface area (Å²) in [6.45, 7) is 18.5. The number of carbonyl (C=O) groups is 2. The molecule has 4 unspecified atom stereocenters. The van der Waals surface area contributed by atoms with Gasteiger partial charge < -0.3 is 28.4 Å². The van der Waals surface area contributed by atoms with E-state index >= 15 is 0 Å². The number of carbonyl (C=O) groups excluding carboxylic acids is 2. The average Bonchev–Trinajstić information content (AvgIpc) is 3.14. The summed E-state index contributed by atoms with van der Waals surface area (Å²) in [7, 11) is 0. The fraction of sp³-hybridized carbons (Fsp3) is 0.636. The SMILES string of the molecule is CCCCC(CC)COCC(COc1c2ccc(C)cc2c(OCC(COCC(CC)CCCC)OC(=O)CC)c2ccc(C)cc12)OC(=O)CC. The zero-order valence-corrected chi connectivity index (χ0v) is 33.4. The molecule has 8 nitrogen and oxygen atoms in total. The Balaban J connectivity index is 1.92. The molecule has 0 amide bonds. The van der Waals surface area contributed by atoms with Gasteiger partial charge in [-0.25, -0.2) is 0 Å². The maximum absolute atomic E-state index is 12.5. The molecule has 3 aromatic rings. The van der Waals surface area contributed by atoms with E-state index in [4.69, 9.17) is 28.4 Å². The van der Waals surface area contributed by atoms with Gasteiger partial charge in [0, 0.05) is 47.6 Å². The van der Waals surface area contributed by atoms with Crippen molar-refractivity contribution in [3.63, 3.8) is 0 Å². The van der Waals surface area contributed by atoms with Gasteiger partial charge in [0.15, 0.2) is 12.2 Å². The monoisotopic (exact) mass is 722 g/mol. The van der Waals surface area contributed by atoms with Crippen LogP contribution in [0.1, 0.15) is 117 Å². The van der Waals surface area contributed by atoms with Crippen LogP contribution in [0.4, 0.5) is 0 Å². The van der Waals surface area contributed by atoms with Crippen molar-refractivity contribution in [1.82, 2.24) is 0 Å². The normalized spacial score (nSPS) is 13.8. The Morgan fingerprint density at radius 1 is 0.538 bits per heavy atom. The molecule has 8 heteroatoms. The molecule has 4 atom stereocenters. The number of aryl methyl sites for hydroxylation is 2. The molecule has 3 rings (SSSR count). The van der Waals surface area contributed by atoms with Gasteiger partial charge in [-0.2, -0.15) is 0 Å². The highest BCUT2D eigenvalue weighted by Gasteiger charge is 2.23. The first-order chi connectivity index (χ1) is 25.2. The summed E-state index contributed by atoms with van der Waals surface area (Å²) in [6.07, 6.45) is 8.45. The maximum atomic E-state index is 12.5. The predicted molar refractivity (Wildman–Crippen MR) is 211 cm³/mol. The van der Waals surface area contributed by atoms with Crippen molar-refractivity contribution in [2.75, 3.05) is 39.6 Å². The Bertz CT molecular complexity index is 1400. The van der Waals surface area contributed by atoms with Gasteiger partial charge in [-0.3, -0.25) is 9.59 Å². The van der Waals surface area contributed by atoms with E-state index < -0.39 is 12.2 Å². The molecule has 0 fully saturated rings. The number of hydrogen-bond donors (Lipinski definition) is 0. The van der Waals surface area contributed by atoms with Crippen LogP contribution in [0.25, 0.3) is 21.5 Å². The number of benzene rings is 3. The second-order valence-electron chi connectivity index (χ2n) is 14.2. The summed E-state index contributed by atoms with van der Waals surface area (Å²) in [6, 6.07) is 12.4. The van der Waals surface area contributed by atoms with Crippen LogP contribution in [-0.2, 0) is 28.5 Å². The van der Waals surface area contributed by atoms with Gasteiger partial charge in [0.2, 0.25) is 0 Å². The highest BCUT2D eigenvalue weighted by Crippen LogP contribution is 2.43. The zero-order chi connectivity index (χ0) is 37.9. The molecule has 0 aliphatic carbocycles. The van der Waals surface area contributed by atoms with Crippen molar-refractivity contribution in [2.45, 2.75) is 132 Å². The van der Waals surface area contributed by atoms with E-state index in [1.165, 1.54) is 12.8 Å². The Kier molecular flexibility index (Phi) is 19.3. The summed E-state index contributed by atoms with van der Waals surface area (Å²) in [5.41, 5.74) is 2.14. The number of ether oxygens (including phenoxy) is 6. The minimum absolute atomic E-state index is 0.146. The molecule has 0 aromatic heterocycles. The van der Waals surface area contributed by atoms with Crippen LogP contribution in [0.2, 0.25) is 0 Å². The largest absolute Gasteiger partial charge is 0.488 e. The Labute approximate surface area is 313 Å². The smallest absolute Gasteiger partial charge is 0.305 e. The molecule has 0 N–H and O–H groups in total. The molecular weight excluding hydrogens is 656 g/mol. The van der Waals surface area contributed by atoms with E-state index in [-0.39, 0.29) is 51.2 Å². The van der Waals surface area contributed by atoms with E-state index in [0.29, 0.717) is 36.5 Å². The Morgan fingerprint density at radius 2 is 0.942 bits per heavy atom. The van der Waals surface area contributed by atoms with E-state index in [0.717, 1.165) is 71.2 Å². The van der Waals surface area contributed by atoms with Crippen LogP contribution in [0, 0.1) is 25.7 Å². The molecule has 0 saturated carbocycles. The van der Waals surface area contributed by atoms with Gasteiger partial charge in [0.1, 0.15) is 24.7 Å². The quantitative estimate of drug-likeness (QED) is 0.0598. The molecule has 290 valence electrons. The lowest BCUT2D eigenvalue weighted by Gasteiger charge is -2.24. The molecule has 0 radical (unpaired) electrons. The minimum atomic E-state index is -0.560. The van der Waals surface area contributed by atoms with Crippen LogP contribution in [0.5, 0.6) is 11.5 Å². The number of unbranched alkanes of at least 4 members (excludes halogenated alkanes) is 2. The van der Waals surface area contributed by atoms with Crippen molar-refractivity contribution in [1.29, 1.82) is 0 Å². The summed E-state index contributed by atoms with van der Waals surface area (Å²) < 4.78 is 37.2. The zero-order valence-electron chi connectivity index (χ0n) is 33.4. The molecular formula is C44H66O8. The molecule has 52 heavy (non-hydrogen) atoms. The number of fused-ring (bicyclic) bond motifs is 2. The third-order valence-corrected chi connectivity index (χ3v) is 9.73. The predicted octanol–water partition coefficient (Wildman–Crippen LogP) is 10.5. The molecule has 0 spiro atoms. The van der Waals surface area contributed by atoms with Gasteiger partial charge in [-0.05, 0) is 50.7 Å². The first kappa shape index (κ1) is 43.0. The van der Waals surface area contributed by atoms with Crippen molar-refractivity contribution in [2.24, 2.45) is 11.8 Å². The van der Waals surface area contributed by atoms with Crippen molar-refractivity contribution in [3.05, 3.63) is 47.5 Å². The van der Waals surface area contributed by atoms with Crippen molar-refractivity contribution in [3.8, 4) is 11.5 Å². The summed E-state index contributed by atoms with van der Waals surface area (Å²) in [5, 5.41) is 3.54. The van der Waals surface area contributed by atoms with E-state index in [2.05, 4.69) is 64.1 Å². The standard InChI is InChI=1S/C44H66O8/c1-9-15-17-33(11-3)25-47-27-35(51-41(45)13-5)29-49-43-37-21-19-32(8)24-40(37)44(38-22-20-31(7)23-39(38)43)50-30-36(52-42(46)14-6)28-48-26-34(12-4)18-16-10-2/h19-24,33-36H,9-18,25-30H2,1-8H3. The summed E-state index contributed by atoms with van der Waals surface area (Å²) >= 11 is 0. The topological polar surface area (TPSA) is 89.5 Å². The first-order valence-electron chi connectivity index (χ1n) is 19.9. The maximum Gasteiger partial charge on any atom is 0.305 e. The van der Waals surface area contributed by atoms with E-state index in [1.807, 2.05) is 13.8 Å². The van der Waals surface area contributed by atoms with Crippen LogP contribution < -0.4 is 9.47 Å². The van der Waals surface area contributed by atoms with Crippen LogP contribution in [0.3, 0.4) is 0 Å². The third-order valence-electron chi connectivity index (χ3n) is 9.73. The van der Waals surface area contributed by atoms with Crippen molar-refractivity contribution < 1.29 is 38.0 Å². The first-order valence-corrected chi connectivity index (χ1v) is 19.9. The fourth-order valence-corrected chi connectivity index (χ4v) is 6.34. The van der Waals surface area contributed by atoms with E-state index in [9.17, 15) is 9.59 Å². The van der Waals surface area contributed by atoms with Crippen LogP contribution in [-0.4, -0.2) is 63.8 Å². The van der Waals surface area contributed by atoms with Crippen LogP contribution in [0.15, 0.2) is 36.4 Å². The molecule has 0 saturated heterocycles. The lowest BCUT2D eigenvalue weighted by Crippen LogP contribution is -2.31. The number of esters is 2. The van der Waals surface area contributed by atoms with Gasteiger partial charge in [-0.1, -0.05) is 115 Å². The van der Waals surface area contributed by atoms with Gasteiger partial charge >= 0.3 is 11.9 Å². The number of hydrogen-bond acceptors (Lipinski definition) is 8. The third kappa shape index (κ3) is 13.6. The Hall–Kier alpha value is -3.36. The molecule has 0 aliphatic heterocycles. The Morgan fingerprint density at radius 3 is 1.29 bits per heavy atom. The lowest BCUT2D eigenvalue weighted by molar-refractivity contribution is -0.154. The van der Waals surface area contributed by atoms with E-state index in [1.54, 1.807) is 13.8 Å². The van der Waals surface area contributed by atoms with Gasteiger partial charge in [0.25, 0.3) is 0 Å². The lowest BCUT2D eigenvalue weighted by atomic mass is 9.97. The van der Waals surface area contributed by atoms with Gasteiger partial charge in [0.05, 0.1) is 13.2 Å². The second kappa shape index (κ2) is 23.3. The van der Waals surface area contributed by atoms with Crippen LogP contribution >= 0.6 is 0 Å². The number of rotatable bonds is 26. The summed E-state index contributed by atoms with van der Waals surface area (Å²) in [5.74, 6) is 1.78. The minimum Gasteiger partial charge on any atom is -0.488 e. The highest BCUT2D eigenvalue weighted by atomic mass is 16.6. The molecule has 0 heterocycles. The molecule has 3 aromatic carbocycles. The fourth-order valence-electron chi connectivity index (χ4n) is 6.34. The highest BCUT2D eigenvalue weighted by molar-refractivity contribution is 6.11. The second-order valence-corrected chi connectivity index (χ2v) is 14.2. The summed E-state index contributed by atoms with van der Waals surface area (Å²) in [4.78, 5) is 24.9. The molecule has 0 bridgehead atoms. The average molecular weight is 723 g/mol. The van der Waals surface area contributed by atoms with Gasteiger partial charge in [-0.15, -0.1) is 0 Å².